The van der Waals surface area contributed by atoms with Crippen molar-refractivity contribution >= 4 is 10.2 Å². The van der Waals surface area contributed by atoms with E-state index in [-0.39, 0.29) is 6.54 Å². The molecule has 140 valence electrons. The number of hydrogen-bond donors (Lipinski definition) is 1. The van der Waals surface area contributed by atoms with Gasteiger partial charge >= 0.3 is 0 Å². The van der Waals surface area contributed by atoms with E-state index in [1.807, 2.05) is 54.6 Å². The van der Waals surface area contributed by atoms with E-state index in [1.54, 1.807) is 0 Å². The van der Waals surface area contributed by atoms with E-state index >= 15 is 0 Å². The molecule has 1 saturated heterocycles. The highest BCUT2D eigenvalue weighted by Gasteiger charge is 2.23. The third-order valence-electron chi connectivity index (χ3n) is 4.17. The summed E-state index contributed by atoms with van der Waals surface area (Å²) in [7, 11) is -3.46. The Balaban J connectivity index is 1.45. The SMILES string of the molecule is O=S(=O)(NCc1ccc(COCc2ccccc2)cc1)N1CCOCC1. The number of benzene rings is 2. The van der Waals surface area contributed by atoms with Crippen LogP contribution in [-0.4, -0.2) is 39.0 Å². The summed E-state index contributed by atoms with van der Waals surface area (Å²) < 4.78 is 39.4. The zero-order valence-corrected chi connectivity index (χ0v) is 15.5. The summed E-state index contributed by atoms with van der Waals surface area (Å²) in [6.45, 7) is 3.04. The molecule has 3 rings (SSSR count). The number of hydrogen-bond acceptors (Lipinski definition) is 4. The fraction of sp³-hybridized carbons (Fsp3) is 0.368. The van der Waals surface area contributed by atoms with Crippen molar-refractivity contribution in [2.45, 2.75) is 19.8 Å². The molecule has 1 aliphatic heterocycles. The predicted octanol–water partition coefficient (Wildman–Crippen LogP) is 2.07. The van der Waals surface area contributed by atoms with E-state index in [0.29, 0.717) is 39.5 Å². The van der Waals surface area contributed by atoms with Gasteiger partial charge in [0.15, 0.2) is 0 Å². The van der Waals surface area contributed by atoms with Crippen LogP contribution in [0.1, 0.15) is 16.7 Å². The highest BCUT2D eigenvalue weighted by molar-refractivity contribution is 7.87. The standard InChI is InChI=1S/C19H24N2O4S/c22-26(23,21-10-12-24-13-11-21)20-14-17-6-8-19(9-7-17)16-25-15-18-4-2-1-3-5-18/h1-9,20H,10-16H2. The van der Waals surface area contributed by atoms with Crippen LogP contribution in [0.15, 0.2) is 54.6 Å². The third kappa shape index (κ3) is 5.62. The number of nitrogens with zero attached hydrogens (tertiary/aromatic N) is 1. The lowest BCUT2D eigenvalue weighted by molar-refractivity contribution is 0.0725. The molecule has 0 saturated carbocycles. The number of nitrogens with one attached hydrogen (secondary N) is 1. The van der Waals surface area contributed by atoms with Gasteiger partial charge in [-0.25, -0.2) is 0 Å². The Morgan fingerprint density at radius 1 is 0.885 bits per heavy atom. The smallest absolute Gasteiger partial charge is 0.279 e. The molecule has 0 spiro atoms. The van der Waals surface area contributed by atoms with E-state index in [2.05, 4.69) is 4.72 Å². The summed E-state index contributed by atoms with van der Waals surface area (Å²) >= 11 is 0. The molecule has 0 amide bonds. The number of ether oxygens (including phenoxy) is 2. The minimum Gasteiger partial charge on any atom is -0.379 e. The number of rotatable bonds is 8. The summed E-state index contributed by atoms with van der Waals surface area (Å²) in [4.78, 5) is 0. The molecule has 0 aliphatic carbocycles. The van der Waals surface area contributed by atoms with Crippen LogP contribution in [0.3, 0.4) is 0 Å². The van der Waals surface area contributed by atoms with E-state index in [1.165, 1.54) is 4.31 Å². The molecule has 0 atom stereocenters. The van der Waals surface area contributed by atoms with Gasteiger partial charge in [-0.1, -0.05) is 54.6 Å². The second-order valence-corrected chi connectivity index (χ2v) is 7.89. The summed E-state index contributed by atoms with van der Waals surface area (Å²) in [5.74, 6) is 0. The highest BCUT2D eigenvalue weighted by Crippen LogP contribution is 2.09. The second kappa shape index (κ2) is 9.25. The van der Waals surface area contributed by atoms with Crippen molar-refractivity contribution in [1.82, 2.24) is 9.03 Å². The molecule has 1 N–H and O–H groups in total. The quantitative estimate of drug-likeness (QED) is 0.766. The van der Waals surface area contributed by atoms with Crippen LogP contribution in [0.4, 0.5) is 0 Å². The molecule has 1 aliphatic rings. The normalized spacial score (nSPS) is 15.8. The van der Waals surface area contributed by atoms with Gasteiger partial charge in [0.05, 0.1) is 26.4 Å². The predicted molar refractivity (Wildman–Crippen MR) is 99.5 cm³/mol. The number of morpholine rings is 1. The molecule has 2 aromatic rings. The van der Waals surface area contributed by atoms with E-state index in [0.717, 1.165) is 16.7 Å². The van der Waals surface area contributed by atoms with Gasteiger partial charge in [-0.05, 0) is 16.7 Å². The van der Waals surface area contributed by atoms with Crippen LogP contribution in [-0.2, 0) is 39.4 Å². The maximum absolute atomic E-state index is 12.2. The first kappa shape index (κ1) is 19.0. The van der Waals surface area contributed by atoms with Crippen LogP contribution in [0, 0.1) is 0 Å². The molecule has 0 radical (unpaired) electrons. The van der Waals surface area contributed by atoms with Crippen LogP contribution in [0.25, 0.3) is 0 Å². The van der Waals surface area contributed by atoms with Gasteiger partial charge in [0.2, 0.25) is 0 Å². The van der Waals surface area contributed by atoms with E-state index in [4.69, 9.17) is 9.47 Å². The summed E-state index contributed by atoms with van der Waals surface area (Å²) in [5.41, 5.74) is 3.11. The topological polar surface area (TPSA) is 67.9 Å². The van der Waals surface area contributed by atoms with E-state index in [9.17, 15) is 8.42 Å². The van der Waals surface area contributed by atoms with Gasteiger partial charge in [0.25, 0.3) is 10.2 Å². The van der Waals surface area contributed by atoms with Crippen LogP contribution < -0.4 is 4.72 Å². The molecule has 6 nitrogen and oxygen atoms in total. The Kier molecular flexibility index (Phi) is 6.76. The van der Waals surface area contributed by atoms with Crippen LogP contribution >= 0.6 is 0 Å². The first-order valence-corrected chi connectivity index (χ1v) is 10.1. The maximum Gasteiger partial charge on any atom is 0.279 e. The average molecular weight is 376 g/mol. The maximum atomic E-state index is 12.2. The third-order valence-corrected chi connectivity index (χ3v) is 5.73. The Hall–Kier alpha value is -1.77. The monoisotopic (exact) mass is 376 g/mol. The summed E-state index contributed by atoms with van der Waals surface area (Å²) in [6.07, 6.45) is 0. The fourth-order valence-corrected chi connectivity index (χ4v) is 3.83. The average Bonchev–Trinajstić information content (AvgIpc) is 2.69. The minimum atomic E-state index is -3.46. The van der Waals surface area contributed by atoms with Crippen molar-refractivity contribution in [1.29, 1.82) is 0 Å². The van der Waals surface area contributed by atoms with Gasteiger partial charge < -0.3 is 9.47 Å². The molecule has 0 unspecified atom stereocenters. The van der Waals surface area contributed by atoms with Gasteiger partial charge in [-0.2, -0.15) is 17.4 Å². The molecule has 2 aromatic carbocycles. The summed E-state index contributed by atoms with van der Waals surface area (Å²) in [5, 5.41) is 0. The lowest BCUT2D eigenvalue weighted by Crippen LogP contribution is -2.46. The van der Waals surface area contributed by atoms with Crippen molar-refractivity contribution in [3.05, 3.63) is 71.3 Å². The van der Waals surface area contributed by atoms with Crippen molar-refractivity contribution in [3.8, 4) is 0 Å². The van der Waals surface area contributed by atoms with Gasteiger partial charge in [0.1, 0.15) is 0 Å². The minimum absolute atomic E-state index is 0.269. The van der Waals surface area contributed by atoms with E-state index < -0.39 is 10.2 Å². The van der Waals surface area contributed by atoms with Crippen molar-refractivity contribution < 1.29 is 17.9 Å². The molecule has 0 bridgehead atoms. The second-order valence-electron chi connectivity index (χ2n) is 6.13. The Labute approximate surface area is 154 Å². The molecule has 26 heavy (non-hydrogen) atoms. The molecule has 7 heteroatoms. The fourth-order valence-electron chi connectivity index (χ4n) is 2.67. The zero-order valence-electron chi connectivity index (χ0n) is 14.6. The molecular weight excluding hydrogens is 352 g/mol. The highest BCUT2D eigenvalue weighted by atomic mass is 32.2. The lowest BCUT2D eigenvalue weighted by atomic mass is 10.1. The molecule has 1 heterocycles. The van der Waals surface area contributed by atoms with Crippen molar-refractivity contribution in [2.24, 2.45) is 0 Å². The van der Waals surface area contributed by atoms with Crippen LogP contribution in [0.2, 0.25) is 0 Å². The first-order valence-electron chi connectivity index (χ1n) is 8.65. The van der Waals surface area contributed by atoms with Crippen molar-refractivity contribution in [3.63, 3.8) is 0 Å². The Morgan fingerprint density at radius 3 is 2.12 bits per heavy atom. The molecular formula is C19H24N2O4S. The zero-order chi connectivity index (χ0) is 18.2. The first-order chi connectivity index (χ1) is 12.6. The lowest BCUT2D eigenvalue weighted by Gasteiger charge is -2.26. The van der Waals surface area contributed by atoms with Gasteiger partial charge in [-0.15, -0.1) is 0 Å². The Morgan fingerprint density at radius 2 is 1.46 bits per heavy atom. The van der Waals surface area contributed by atoms with Crippen molar-refractivity contribution in [2.75, 3.05) is 26.3 Å². The van der Waals surface area contributed by atoms with Gasteiger partial charge in [0, 0.05) is 19.6 Å². The molecule has 1 fully saturated rings. The van der Waals surface area contributed by atoms with Gasteiger partial charge in [-0.3, -0.25) is 0 Å². The van der Waals surface area contributed by atoms with Crippen LogP contribution in [0.5, 0.6) is 0 Å². The largest absolute Gasteiger partial charge is 0.379 e. The Bertz CT molecular complexity index is 773. The summed E-state index contributed by atoms with van der Waals surface area (Å²) in [6, 6.07) is 17.8. The molecule has 0 aromatic heterocycles.